The number of halogens is 2. The van der Waals surface area contributed by atoms with Crippen LogP contribution >= 0.6 is 0 Å². The molecule has 2 aromatic carbocycles. The second kappa shape index (κ2) is 12.9. The van der Waals surface area contributed by atoms with Crippen LogP contribution in [0, 0.1) is 0 Å². The Morgan fingerprint density at radius 3 is 2.41 bits per heavy atom. The van der Waals surface area contributed by atoms with Gasteiger partial charge in [-0.15, -0.1) is 0 Å². The number of aromatic nitrogens is 3. The molecular formula is C27H33F2N3O2. The molecule has 2 aromatic heterocycles. The second-order valence-electron chi connectivity index (χ2n) is 8.63. The number of carbonyl (C=O) groups is 1. The molecule has 0 saturated carbocycles. The SMILES string of the molecule is Cn1cc(C(F)F)c2ccccc21.O=C(O)CCCCCCCCCc1cccc2[nH]ncc12. The fraction of sp³-hybridized carbons (Fsp3) is 0.407. The van der Waals surface area contributed by atoms with Crippen molar-refractivity contribution in [3.05, 3.63) is 66.0 Å². The van der Waals surface area contributed by atoms with Crippen LogP contribution in [-0.4, -0.2) is 25.8 Å². The number of para-hydroxylation sites is 1. The van der Waals surface area contributed by atoms with Gasteiger partial charge in [-0.3, -0.25) is 9.89 Å². The van der Waals surface area contributed by atoms with E-state index in [1.54, 1.807) is 23.7 Å². The minimum atomic E-state index is -2.40. The van der Waals surface area contributed by atoms with Crippen LogP contribution in [0.3, 0.4) is 0 Å². The van der Waals surface area contributed by atoms with Crippen LogP contribution in [0.15, 0.2) is 54.9 Å². The number of unbranched alkanes of at least 4 members (excludes halogenated alkanes) is 6. The van der Waals surface area contributed by atoms with Gasteiger partial charge in [0, 0.05) is 41.5 Å². The van der Waals surface area contributed by atoms with Crippen LogP contribution in [0.4, 0.5) is 8.78 Å². The van der Waals surface area contributed by atoms with Gasteiger partial charge >= 0.3 is 5.97 Å². The first-order valence-corrected chi connectivity index (χ1v) is 11.9. The first-order valence-electron chi connectivity index (χ1n) is 11.9. The standard InChI is InChI=1S/C17H24N2O2.C10H9F2N/c20-17(21)12-7-5-3-1-2-4-6-9-14-10-8-11-16-15(14)13-18-19-16;1-13-6-8(10(11)12)7-4-2-3-5-9(7)13/h8,10-11,13H,1-7,9,12H2,(H,18,19)(H,20,21);2-6,10H,1H3. The molecule has 7 heteroatoms. The van der Waals surface area contributed by atoms with Gasteiger partial charge in [0.25, 0.3) is 6.43 Å². The Bertz CT molecular complexity index is 1180. The minimum Gasteiger partial charge on any atom is -0.481 e. The first kappa shape index (κ1) is 25.4. The maximum absolute atomic E-state index is 12.5. The summed E-state index contributed by atoms with van der Waals surface area (Å²) in [6.07, 6.45) is 10.3. The van der Waals surface area contributed by atoms with E-state index in [1.807, 2.05) is 18.3 Å². The second-order valence-corrected chi connectivity index (χ2v) is 8.63. The highest BCUT2D eigenvalue weighted by Crippen LogP contribution is 2.28. The number of benzene rings is 2. The number of fused-ring (bicyclic) bond motifs is 2. The van der Waals surface area contributed by atoms with Crippen molar-refractivity contribution >= 4 is 27.8 Å². The predicted molar refractivity (Wildman–Crippen MR) is 132 cm³/mol. The first-order chi connectivity index (χ1) is 16.5. The smallest absolute Gasteiger partial charge is 0.303 e. The maximum atomic E-state index is 12.5. The summed E-state index contributed by atoms with van der Waals surface area (Å²) in [6.45, 7) is 0. The Morgan fingerprint density at radius 2 is 1.68 bits per heavy atom. The van der Waals surface area contributed by atoms with Crippen LogP contribution in [0.1, 0.15) is 68.9 Å². The molecule has 0 aliphatic carbocycles. The van der Waals surface area contributed by atoms with Crippen LogP contribution < -0.4 is 0 Å². The van der Waals surface area contributed by atoms with Gasteiger partial charge in [0.05, 0.1) is 11.7 Å². The third kappa shape index (κ3) is 7.14. The van der Waals surface area contributed by atoms with Crippen molar-refractivity contribution in [3.8, 4) is 0 Å². The van der Waals surface area contributed by atoms with E-state index in [0.717, 1.165) is 36.7 Å². The topological polar surface area (TPSA) is 70.9 Å². The normalized spacial score (nSPS) is 11.2. The van der Waals surface area contributed by atoms with E-state index in [2.05, 4.69) is 28.4 Å². The molecule has 0 aliphatic heterocycles. The number of aromatic amines is 1. The van der Waals surface area contributed by atoms with E-state index >= 15 is 0 Å². The molecule has 2 N–H and O–H groups in total. The van der Waals surface area contributed by atoms with Gasteiger partial charge in [-0.25, -0.2) is 8.78 Å². The number of alkyl halides is 2. The van der Waals surface area contributed by atoms with Gasteiger partial charge in [-0.1, -0.05) is 62.4 Å². The highest BCUT2D eigenvalue weighted by molar-refractivity contribution is 5.84. The highest BCUT2D eigenvalue weighted by Gasteiger charge is 2.13. The minimum absolute atomic E-state index is 0.109. The zero-order valence-corrected chi connectivity index (χ0v) is 19.6. The van der Waals surface area contributed by atoms with Crippen LogP contribution in [0.2, 0.25) is 0 Å². The number of aliphatic carboxylic acids is 1. The number of carboxylic acid groups (broad SMARTS) is 1. The summed E-state index contributed by atoms with van der Waals surface area (Å²) in [5.41, 5.74) is 3.45. The summed E-state index contributed by atoms with van der Waals surface area (Å²) < 4.78 is 26.7. The van der Waals surface area contributed by atoms with E-state index in [1.165, 1.54) is 42.8 Å². The Hall–Kier alpha value is -3.22. The van der Waals surface area contributed by atoms with Crippen molar-refractivity contribution < 1.29 is 18.7 Å². The molecule has 0 radical (unpaired) electrons. The van der Waals surface area contributed by atoms with Crippen molar-refractivity contribution in [1.29, 1.82) is 0 Å². The Labute approximate surface area is 198 Å². The molecule has 0 bridgehead atoms. The van der Waals surface area contributed by atoms with E-state index in [-0.39, 0.29) is 5.56 Å². The quantitative estimate of drug-likeness (QED) is 0.224. The number of carboxylic acids is 1. The molecular weight excluding hydrogens is 436 g/mol. The lowest BCUT2D eigenvalue weighted by Gasteiger charge is -2.04. The van der Waals surface area contributed by atoms with Crippen molar-refractivity contribution in [1.82, 2.24) is 14.8 Å². The predicted octanol–water partition coefficient (Wildman–Crippen LogP) is 7.43. The molecule has 4 aromatic rings. The molecule has 0 unspecified atom stereocenters. The molecule has 0 amide bonds. The summed E-state index contributed by atoms with van der Waals surface area (Å²) in [7, 11) is 1.77. The lowest BCUT2D eigenvalue weighted by atomic mass is 10.0. The number of nitrogens with one attached hydrogen (secondary N) is 1. The van der Waals surface area contributed by atoms with Crippen molar-refractivity contribution in [2.45, 2.75) is 64.2 Å². The maximum Gasteiger partial charge on any atom is 0.303 e. The van der Waals surface area contributed by atoms with Gasteiger partial charge in [-0.05, 0) is 37.0 Å². The van der Waals surface area contributed by atoms with Crippen LogP contribution in [0.5, 0.6) is 0 Å². The van der Waals surface area contributed by atoms with E-state index in [4.69, 9.17) is 5.11 Å². The molecule has 5 nitrogen and oxygen atoms in total. The van der Waals surface area contributed by atoms with Crippen molar-refractivity contribution in [2.75, 3.05) is 0 Å². The van der Waals surface area contributed by atoms with Gasteiger partial charge in [0.2, 0.25) is 0 Å². The largest absolute Gasteiger partial charge is 0.481 e. The van der Waals surface area contributed by atoms with Gasteiger partial charge in [0.1, 0.15) is 0 Å². The van der Waals surface area contributed by atoms with Crippen molar-refractivity contribution in [3.63, 3.8) is 0 Å². The van der Waals surface area contributed by atoms with Crippen molar-refractivity contribution in [2.24, 2.45) is 7.05 Å². The van der Waals surface area contributed by atoms with Gasteiger partial charge in [-0.2, -0.15) is 5.10 Å². The molecule has 0 fully saturated rings. The highest BCUT2D eigenvalue weighted by atomic mass is 19.3. The molecule has 182 valence electrons. The zero-order chi connectivity index (χ0) is 24.3. The summed E-state index contributed by atoms with van der Waals surface area (Å²) in [5, 5.41) is 17.5. The van der Waals surface area contributed by atoms with Gasteiger partial charge in [0.15, 0.2) is 0 Å². The Balaban J connectivity index is 0.000000212. The number of hydrogen-bond donors (Lipinski definition) is 2. The molecule has 2 heterocycles. The average Bonchev–Trinajstić information content (AvgIpc) is 3.44. The fourth-order valence-corrected chi connectivity index (χ4v) is 4.27. The van der Waals surface area contributed by atoms with E-state index in [9.17, 15) is 13.6 Å². The lowest BCUT2D eigenvalue weighted by Crippen LogP contribution is -1.93. The fourth-order valence-electron chi connectivity index (χ4n) is 4.27. The summed E-state index contributed by atoms with van der Waals surface area (Å²) in [6, 6.07) is 13.5. The Morgan fingerprint density at radius 1 is 0.971 bits per heavy atom. The number of rotatable bonds is 11. The number of H-pyrrole nitrogens is 1. The van der Waals surface area contributed by atoms with Crippen LogP contribution in [0.25, 0.3) is 21.8 Å². The van der Waals surface area contributed by atoms with E-state index in [0.29, 0.717) is 11.8 Å². The lowest BCUT2D eigenvalue weighted by molar-refractivity contribution is -0.137. The van der Waals surface area contributed by atoms with E-state index < -0.39 is 12.4 Å². The summed E-state index contributed by atoms with van der Waals surface area (Å²) in [4.78, 5) is 10.4. The molecule has 4 rings (SSSR count). The zero-order valence-electron chi connectivity index (χ0n) is 19.6. The third-order valence-corrected chi connectivity index (χ3v) is 6.07. The number of aryl methyl sites for hydroxylation is 2. The molecule has 34 heavy (non-hydrogen) atoms. The summed E-state index contributed by atoms with van der Waals surface area (Å²) >= 11 is 0. The Kier molecular flexibility index (Phi) is 9.62. The van der Waals surface area contributed by atoms with Gasteiger partial charge < -0.3 is 9.67 Å². The number of hydrogen-bond acceptors (Lipinski definition) is 2. The van der Waals surface area contributed by atoms with Crippen LogP contribution in [-0.2, 0) is 18.3 Å². The third-order valence-electron chi connectivity index (χ3n) is 6.07. The number of nitrogens with zero attached hydrogens (tertiary/aromatic N) is 2. The molecule has 0 saturated heterocycles. The monoisotopic (exact) mass is 469 g/mol. The molecule has 0 aliphatic rings. The average molecular weight is 470 g/mol. The molecule has 0 spiro atoms. The summed E-state index contributed by atoms with van der Waals surface area (Å²) in [5.74, 6) is -0.677. The molecule has 0 atom stereocenters.